The summed E-state index contributed by atoms with van der Waals surface area (Å²) in [4.78, 5) is 24.7. The summed E-state index contributed by atoms with van der Waals surface area (Å²) in [5, 5.41) is 3.32. The molecule has 0 aromatic heterocycles. The van der Waals surface area contributed by atoms with E-state index in [0.29, 0.717) is 21.5 Å². The van der Waals surface area contributed by atoms with Gasteiger partial charge >= 0.3 is 0 Å². The third-order valence-electron chi connectivity index (χ3n) is 2.30. The Hall–Kier alpha value is -0.910. The van der Waals surface area contributed by atoms with Crippen molar-refractivity contribution in [2.45, 2.75) is 0 Å². The summed E-state index contributed by atoms with van der Waals surface area (Å²) < 4.78 is 0. The number of hydrogen-bond acceptors (Lipinski definition) is 3. The van der Waals surface area contributed by atoms with E-state index >= 15 is 0 Å². The van der Waals surface area contributed by atoms with Crippen molar-refractivity contribution in [2.75, 3.05) is 30.9 Å². The SMILES string of the molecule is CSCC(=O)N(C)CC(=O)Nc1c(Cl)cccc1Cl. The molecule has 1 aromatic carbocycles. The van der Waals surface area contributed by atoms with E-state index in [1.54, 1.807) is 25.2 Å². The highest BCUT2D eigenvalue weighted by molar-refractivity contribution is 7.99. The van der Waals surface area contributed by atoms with E-state index in [2.05, 4.69) is 5.32 Å². The first-order valence-corrected chi connectivity index (χ1v) is 7.57. The van der Waals surface area contributed by atoms with Gasteiger partial charge in [-0.3, -0.25) is 9.59 Å². The summed E-state index contributed by atoms with van der Waals surface area (Å²) in [6.45, 7) is -0.0407. The van der Waals surface area contributed by atoms with Crippen LogP contribution in [0.5, 0.6) is 0 Å². The van der Waals surface area contributed by atoms with Crippen molar-refractivity contribution in [1.29, 1.82) is 0 Å². The van der Waals surface area contributed by atoms with E-state index in [1.165, 1.54) is 16.7 Å². The summed E-state index contributed by atoms with van der Waals surface area (Å²) in [6.07, 6.45) is 1.83. The number of thioether (sulfide) groups is 1. The Morgan fingerprint density at radius 2 is 1.89 bits per heavy atom. The summed E-state index contributed by atoms with van der Waals surface area (Å²) in [5.41, 5.74) is 0.363. The Morgan fingerprint density at radius 1 is 1.32 bits per heavy atom. The average Bonchev–Trinajstić information content (AvgIpc) is 2.34. The van der Waals surface area contributed by atoms with Gasteiger partial charge in [0.05, 0.1) is 28.0 Å². The fourth-order valence-electron chi connectivity index (χ4n) is 1.33. The number of carbonyl (C=O) groups excluding carboxylic acids is 2. The van der Waals surface area contributed by atoms with Crippen LogP contribution in [0.4, 0.5) is 5.69 Å². The lowest BCUT2D eigenvalue weighted by atomic mass is 10.3. The minimum Gasteiger partial charge on any atom is -0.336 e. The normalized spacial score (nSPS) is 10.1. The van der Waals surface area contributed by atoms with Gasteiger partial charge in [-0.1, -0.05) is 29.3 Å². The van der Waals surface area contributed by atoms with Gasteiger partial charge in [0.1, 0.15) is 0 Å². The molecule has 1 aromatic rings. The van der Waals surface area contributed by atoms with Crippen LogP contribution in [0, 0.1) is 0 Å². The summed E-state index contributed by atoms with van der Waals surface area (Å²) in [7, 11) is 1.58. The van der Waals surface area contributed by atoms with Crippen molar-refractivity contribution in [3.8, 4) is 0 Å². The molecule has 4 nitrogen and oxygen atoms in total. The topological polar surface area (TPSA) is 49.4 Å². The standard InChI is InChI=1S/C12H14Cl2N2O2S/c1-16(11(18)7-19-2)6-10(17)15-12-8(13)4-3-5-9(12)14/h3-5H,6-7H2,1-2H3,(H,15,17). The second kappa shape index (κ2) is 7.62. The lowest BCUT2D eigenvalue weighted by Crippen LogP contribution is -2.36. The van der Waals surface area contributed by atoms with Crippen LogP contribution >= 0.6 is 35.0 Å². The number of likely N-dealkylation sites (N-methyl/N-ethyl adjacent to an activating group) is 1. The van der Waals surface area contributed by atoms with Gasteiger partial charge in [-0.2, -0.15) is 11.8 Å². The fourth-order valence-corrected chi connectivity index (χ4v) is 2.29. The summed E-state index contributed by atoms with van der Waals surface area (Å²) in [5.74, 6) is -0.101. The molecule has 0 aliphatic rings. The number of hydrogen-bond donors (Lipinski definition) is 1. The number of benzene rings is 1. The van der Waals surface area contributed by atoms with Crippen molar-refractivity contribution >= 4 is 52.5 Å². The van der Waals surface area contributed by atoms with Gasteiger partial charge in [-0.15, -0.1) is 0 Å². The fraction of sp³-hybridized carbons (Fsp3) is 0.333. The van der Waals surface area contributed by atoms with Crippen molar-refractivity contribution in [3.05, 3.63) is 28.2 Å². The lowest BCUT2D eigenvalue weighted by Gasteiger charge is -2.17. The lowest BCUT2D eigenvalue weighted by molar-refractivity contribution is -0.131. The van der Waals surface area contributed by atoms with Gasteiger partial charge in [0.15, 0.2) is 0 Å². The zero-order chi connectivity index (χ0) is 14.4. The van der Waals surface area contributed by atoms with Crippen LogP contribution in [0.2, 0.25) is 10.0 Å². The highest BCUT2D eigenvalue weighted by Gasteiger charge is 2.14. The second-order valence-electron chi connectivity index (χ2n) is 3.83. The minimum absolute atomic E-state index is 0.0407. The first-order valence-electron chi connectivity index (χ1n) is 5.42. The minimum atomic E-state index is -0.341. The molecule has 0 fully saturated rings. The molecular formula is C12H14Cl2N2O2S. The van der Waals surface area contributed by atoms with Gasteiger partial charge < -0.3 is 10.2 Å². The number of nitrogens with zero attached hydrogens (tertiary/aromatic N) is 1. The molecule has 0 atom stereocenters. The molecule has 0 unspecified atom stereocenters. The molecule has 0 bridgehead atoms. The molecule has 0 radical (unpaired) electrons. The van der Waals surface area contributed by atoms with Crippen LogP contribution in [-0.2, 0) is 9.59 Å². The molecule has 0 saturated heterocycles. The Bertz CT molecular complexity index is 463. The van der Waals surface area contributed by atoms with Gasteiger partial charge in [0.2, 0.25) is 11.8 Å². The van der Waals surface area contributed by atoms with Gasteiger partial charge in [0, 0.05) is 7.05 Å². The number of carbonyl (C=O) groups is 2. The Labute approximate surface area is 126 Å². The first-order chi connectivity index (χ1) is 8.95. The zero-order valence-electron chi connectivity index (χ0n) is 10.6. The molecule has 19 heavy (non-hydrogen) atoms. The predicted octanol–water partition coefficient (Wildman–Crippen LogP) is 2.75. The van der Waals surface area contributed by atoms with E-state index < -0.39 is 0 Å². The maximum atomic E-state index is 11.8. The molecule has 0 spiro atoms. The maximum Gasteiger partial charge on any atom is 0.244 e. The van der Waals surface area contributed by atoms with Crippen LogP contribution in [0.1, 0.15) is 0 Å². The molecule has 1 N–H and O–H groups in total. The Balaban J connectivity index is 2.63. The highest BCUT2D eigenvalue weighted by Crippen LogP contribution is 2.29. The molecule has 0 aliphatic heterocycles. The number of rotatable bonds is 5. The number of anilines is 1. The van der Waals surface area contributed by atoms with Crippen LogP contribution < -0.4 is 5.32 Å². The third kappa shape index (κ3) is 4.93. The molecule has 104 valence electrons. The van der Waals surface area contributed by atoms with Crippen molar-refractivity contribution in [2.24, 2.45) is 0 Å². The van der Waals surface area contributed by atoms with Gasteiger partial charge in [-0.25, -0.2) is 0 Å². The largest absolute Gasteiger partial charge is 0.336 e. The zero-order valence-corrected chi connectivity index (χ0v) is 12.9. The monoisotopic (exact) mass is 320 g/mol. The number of nitrogens with one attached hydrogen (secondary N) is 1. The first kappa shape index (κ1) is 16.1. The van der Waals surface area contributed by atoms with E-state index in [1.807, 2.05) is 6.26 Å². The van der Waals surface area contributed by atoms with Crippen molar-refractivity contribution in [1.82, 2.24) is 4.90 Å². The summed E-state index contributed by atoms with van der Waals surface area (Å²) in [6, 6.07) is 4.95. The van der Waals surface area contributed by atoms with E-state index in [0.717, 1.165) is 0 Å². The molecule has 0 aliphatic carbocycles. The van der Waals surface area contributed by atoms with Crippen LogP contribution in [-0.4, -0.2) is 42.3 Å². The predicted molar refractivity (Wildman–Crippen MR) is 81.1 cm³/mol. The van der Waals surface area contributed by atoms with Crippen LogP contribution in [0.3, 0.4) is 0 Å². The van der Waals surface area contributed by atoms with E-state index in [9.17, 15) is 9.59 Å². The van der Waals surface area contributed by atoms with Crippen LogP contribution in [0.15, 0.2) is 18.2 Å². The van der Waals surface area contributed by atoms with Crippen LogP contribution in [0.25, 0.3) is 0 Å². The van der Waals surface area contributed by atoms with Gasteiger partial charge in [0.25, 0.3) is 0 Å². The average molecular weight is 321 g/mol. The Kier molecular flexibility index (Phi) is 6.48. The second-order valence-corrected chi connectivity index (χ2v) is 5.51. The van der Waals surface area contributed by atoms with Crippen molar-refractivity contribution in [3.63, 3.8) is 0 Å². The molecule has 2 amide bonds. The molecule has 0 heterocycles. The third-order valence-corrected chi connectivity index (χ3v) is 3.47. The molecule has 0 saturated carbocycles. The van der Waals surface area contributed by atoms with E-state index in [-0.39, 0.29) is 18.4 Å². The van der Waals surface area contributed by atoms with E-state index in [4.69, 9.17) is 23.2 Å². The number of amides is 2. The number of halogens is 2. The highest BCUT2D eigenvalue weighted by atomic mass is 35.5. The summed E-state index contributed by atoms with van der Waals surface area (Å²) >= 11 is 13.3. The molecule has 7 heteroatoms. The maximum absolute atomic E-state index is 11.8. The Morgan fingerprint density at radius 3 is 2.42 bits per heavy atom. The molecule has 1 rings (SSSR count). The molecular weight excluding hydrogens is 307 g/mol. The number of para-hydroxylation sites is 1. The van der Waals surface area contributed by atoms with Gasteiger partial charge in [-0.05, 0) is 18.4 Å². The quantitative estimate of drug-likeness (QED) is 0.907. The van der Waals surface area contributed by atoms with Crippen molar-refractivity contribution < 1.29 is 9.59 Å². The smallest absolute Gasteiger partial charge is 0.244 e.